The molecule has 0 aromatic heterocycles. The van der Waals surface area contributed by atoms with Crippen LogP contribution >= 0.6 is 0 Å². The van der Waals surface area contributed by atoms with Gasteiger partial charge < -0.3 is 24.8 Å². The molecule has 3 fully saturated rings. The average Bonchev–Trinajstić information content (AvgIpc) is 3.40. The van der Waals surface area contributed by atoms with Gasteiger partial charge in [0.1, 0.15) is 18.9 Å². The van der Waals surface area contributed by atoms with Crippen molar-refractivity contribution in [2.24, 2.45) is 17.8 Å². The zero-order valence-corrected chi connectivity index (χ0v) is 22.5. The van der Waals surface area contributed by atoms with Gasteiger partial charge in [-0.1, -0.05) is 36.8 Å². The van der Waals surface area contributed by atoms with Gasteiger partial charge in [-0.3, -0.25) is 14.4 Å². The minimum atomic E-state index is -0.0118. The fourth-order valence-corrected chi connectivity index (χ4v) is 6.14. The standard InChI is InChI=1S/C30H42N4O4/c35-28(31-13-17-32-14-3-4-15-32)19-24-12-16-33-20-25(24)10-6-18-38-27-11-2-1-7-26(27)21-34(22-29(33)36)30(37)23-8-5-9-23/h1-2,6-7,10-11,23-25H,3-5,8-9,12-22H2,(H,31,35)/b10-6-/t24-,25-/m0/s1. The Morgan fingerprint density at radius 1 is 1.00 bits per heavy atom. The Morgan fingerprint density at radius 3 is 2.61 bits per heavy atom. The second-order valence-corrected chi connectivity index (χ2v) is 11.3. The summed E-state index contributed by atoms with van der Waals surface area (Å²) in [4.78, 5) is 45.6. The maximum absolute atomic E-state index is 13.5. The first kappa shape index (κ1) is 26.7. The number of ether oxygens (including phenoxy) is 1. The highest BCUT2D eigenvalue weighted by Gasteiger charge is 2.35. The third-order valence-corrected chi connectivity index (χ3v) is 8.70. The van der Waals surface area contributed by atoms with Crippen molar-refractivity contribution in [1.82, 2.24) is 20.0 Å². The van der Waals surface area contributed by atoms with Gasteiger partial charge in [-0.05, 0) is 63.1 Å². The first-order valence-corrected chi connectivity index (χ1v) is 14.5. The number of amides is 3. The zero-order chi connectivity index (χ0) is 26.3. The van der Waals surface area contributed by atoms with E-state index in [2.05, 4.69) is 16.3 Å². The summed E-state index contributed by atoms with van der Waals surface area (Å²) in [6.07, 6.45) is 10.8. The van der Waals surface area contributed by atoms with Crippen molar-refractivity contribution < 1.29 is 19.1 Å². The van der Waals surface area contributed by atoms with Crippen LogP contribution in [0.2, 0.25) is 0 Å². The zero-order valence-electron chi connectivity index (χ0n) is 22.5. The maximum atomic E-state index is 13.5. The van der Waals surface area contributed by atoms with Crippen LogP contribution in [0.1, 0.15) is 50.5 Å². The first-order chi connectivity index (χ1) is 18.6. The number of fused-ring (bicyclic) bond motifs is 3. The summed E-state index contributed by atoms with van der Waals surface area (Å²) in [5.74, 6) is 1.17. The van der Waals surface area contributed by atoms with Gasteiger partial charge >= 0.3 is 0 Å². The van der Waals surface area contributed by atoms with Crippen molar-refractivity contribution in [2.75, 3.05) is 52.4 Å². The molecule has 0 unspecified atom stereocenters. The van der Waals surface area contributed by atoms with E-state index in [1.54, 1.807) is 4.90 Å². The Morgan fingerprint density at radius 2 is 1.82 bits per heavy atom. The molecule has 2 bridgehead atoms. The Balaban J connectivity index is 1.26. The van der Waals surface area contributed by atoms with Gasteiger partial charge in [0.25, 0.3) is 0 Å². The van der Waals surface area contributed by atoms with Crippen molar-refractivity contribution in [3.8, 4) is 5.75 Å². The molecule has 1 N–H and O–H groups in total. The molecule has 1 aromatic carbocycles. The number of carbonyl (C=O) groups excluding carboxylic acids is 3. The molecule has 0 radical (unpaired) electrons. The number of nitrogens with zero attached hydrogens (tertiary/aromatic N) is 3. The number of nitrogens with one attached hydrogen (secondary N) is 1. The van der Waals surface area contributed by atoms with Crippen molar-refractivity contribution in [1.29, 1.82) is 0 Å². The molecule has 3 heterocycles. The van der Waals surface area contributed by atoms with Gasteiger partial charge in [0, 0.05) is 50.6 Å². The minimum absolute atomic E-state index is 0.0118. The molecule has 8 nitrogen and oxygen atoms in total. The van der Waals surface area contributed by atoms with Crippen LogP contribution in [0.25, 0.3) is 0 Å². The number of hydrogen-bond acceptors (Lipinski definition) is 5. The van der Waals surface area contributed by atoms with Gasteiger partial charge in [-0.15, -0.1) is 0 Å². The average molecular weight is 523 g/mol. The Kier molecular flexibility index (Phi) is 8.99. The van der Waals surface area contributed by atoms with E-state index in [4.69, 9.17) is 4.74 Å². The number of likely N-dealkylation sites (tertiary alicyclic amines) is 1. The molecule has 0 spiro atoms. The third-order valence-electron chi connectivity index (χ3n) is 8.70. The SMILES string of the molecule is O=C(C[C@@H]1CCN2C[C@@H]1/C=C\COc1ccccc1CN(C(=O)C1CCC1)CC2=O)NCCN1CCCC1. The fourth-order valence-electron chi connectivity index (χ4n) is 6.14. The molecular formula is C30H42N4O4. The topological polar surface area (TPSA) is 82.2 Å². The van der Waals surface area contributed by atoms with Crippen LogP contribution < -0.4 is 10.1 Å². The molecule has 38 heavy (non-hydrogen) atoms. The second-order valence-electron chi connectivity index (χ2n) is 11.3. The summed E-state index contributed by atoms with van der Waals surface area (Å²) in [6.45, 7) is 5.92. The largest absolute Gasteiger partial charge is 0.489 e. The molecule has 1 aliphatic carbocycles. The predicted octanol–water partition coefficient (Wildman–Crippen LogP) is 2.83. The van der Waals surface area contributed by atoms with Gasteiger partial charge in [-0.2, -0.15) is 0 Å². The summed E-state index contributed by atoms with van der Waals surface area (Å²) in [5, 5.41) is 3.11. The predicted molar refractivity (Wildman–Crippen MR) is 145 cm³/mol. The van der Waals surface area contributed by atoms with E-state index in [1.807, 2.05) is 35.2 Å². The lowest BCUT2D eigenvalue weighted by atomic mass is 9.82. The minimum Gasteiger partial charge on any atom is -0.489 e. The van der Waals surface area contributed by atoms with E-state index in [0.717, 1.165) is 56.6 Å². The van der Waals surface area contributed by atoms with E-state index in [9.17, 15) is 14.4 Å². The van der Waals surface area contributed by atoms with Crippen molar-refractivity contribution in [3.63, 3.8) is 0 Å². The molecule has 5 rings (SSSR count). The molecule has 2 atom stereocenters. The number of benzene rings is 1. The molecule has 1 saturated carbocycles. The van der Waals surface area contributed by atoms with Crippen molar-refractivity contribution in [2.45, 2.75) is 51.5 Å². The van der Waals surface area contributed by atoms with E-state index in [1.165, 1.54) is 12.8 Å². The van der Waals surface area contributed by atoms with E-state index >= 15 is 0 Å². The van der Waals surface area contributed by atoms with E-state index in [0.29, 0.717) is 39.2 Å². The lowest BCUT2D eigenvalue weighted by Crippen LogP contribution is -2.50. The lowest BCUT2D eigenvalue weighted by Gasteiger charge is -2.38. The molecule has 3 amide bonds. The molecule has 206 valence electrons. The molecular weight excluding hydrogens is 480 g/mol. The molecule has 4 aliphatic rings. The highest BCUT2D eigenvalue weighted by molar-refractivity contribution is 5.86. The van der Waals surface area contributed by atoms with Crippen LogP contribution in [0.5, 0.6) is 5.75 Å². The highest BCUT2D eigenvalue weighted by Crippen LogP contribution is 2.31. The quantitative estimate of drug-likeness (QED) is 0.581. The summed E-state index contributed by atoms with van der Waals surface area (Å²) < 4.78 is 6.11. The summed E-state index contributed by atoms with van der Waals surface area (Å²) >= 11 is 0. The van der Waals surface area contributed by atoms with Gasteiger partial charge in [-0.25, -0.2) is 0 Å². The summed E-state index contributed by atoms with van der Waals surface area (Å²) in [5.41, 5.74) is 0.919. The summed E-state index contributed by atoms with van der Waals surface area (Å²) in [6, 6.07) is 7.78. The number of rotatable bonds is 6. The third kappa shape index (κ3) is 6.76. The molecule has 2 saturated heterocycles. The number of hydrogen-bond donors (Lipinski definition) is 1. The normalized spacial score (nSPS) is 25.7. The highest BCUT2D eigenvalue weighted by atomic mass is 16.5. The lowest BCUT2D eigenvalue weighted by molar-refractivity contribution is -0.146. The molecule has 3 aliphatic heterocycles. The molecule has 1 aromatic rings. The summed E-state index contributed by atoms with van der Waals surface area (Å²) in [7, 11) is 0. The van der Waals surface area contributed by atoms with Gasteiger partial charge in [0.2, 0.25) is 17.7 Å². The van der Waals surface area contributed by atoms with Crippen LogP contribution in [0.4, 0.5) is 0 Å². The number of piperidine rings is 1. The number of para-hydroxylation sites is 1. The van der Waals surface area contributed by atoms with Gasteiger partial charge in [0.15, 0.2) is 0 Å². The van der Waals surface area contributed by atoms with Crippen LogP contribution in [0, 0.1) is 17.8 Å². The Hall–Kier alpha value is -2.87. The van der Waals surface area contributed by atoms with Crippen LogP contribution in [-0.4, -0.2) is 84.8 Å². The fraction of sp³-hybridized carbons (Fsp3) is 0.633. The monoisotopic (exact) mass is 522 g/mol. The smallest absolute Gasteiger partial charge is 0.242 e. The Bertz CT molecular complexity index is 1020. The van der Waals surface area contributed by atoms with Crippen LogP contribution in [-0.2, 0) is 20.9 Å². The van der Waals surface area contributed by atoms with E-state index < -0.39 is 0 Å². The van der Waals surface area contributed by atoms with E-state index in [-0.39, 0.29) is 42.0 Å². The number of carbonyl (C=O) groups is 3. The Labute approximate surface area is 226 Å². The second kappa shape index (κ2) is 12.8. The molecule has 8 heteroatoms. The van der Waals surface area contributed by atoms with Crippen molar-refractivity contribution >= 4 is 17.7 Å². The van der Waals surface area contributed by atoms with Crippen molar-refractivity contribution in [3.05, 3.63) is 42.0 Å². The first-order valence-electron chi connectivity index (χ1n) is 14.5. The van der Waals surface area contributed by atoms with Gasteiger partial charge in [0.05, 0.1) is 0 Å². The maximum Gasteiger partial charge on any atom is 0.242 e. The van der Waals surface area contributed by atoms with Crippen LogP contribution in [0.3, 0.4) is 0 Å². The van der Waals surface area contributed by atoms with Crippen LogP contribution in [0.15, 0.2) is 36.4 Å².